The van der Waals surface area contributed by atoms with Crippen molar-refractivity contribution in [2.75, 3.05) is 20.2 Å². The average molecular weight is 262 g/mol. The maximum absolute atomic E-state index is 6.27. The Labute approximate surface area is 116 Å². The fourth-order valence-corrected chi connectivity index (χ4v) is 3.20. The first-order chi connectivity index (χ1) is 9.13. The summed E-state index contributed by atoms with van der Waals surface area (Å²) in [6.07, 6.45) is 2.59. The summed E-state index contributed by atoms with van der Waals surface area (Å²) in [5, 5.41) is 0. The van der Waals surface area contributed by atoms with Gasteiger partial charge in [0, 0.05) is 18.2 Å². The summed E-state index contributed by atoms with van der Waals surface area (Å²) in [5.41, 5.74) is 7.49. The van der Waals surface area contributed by atoms with Crippen LogP contribution in [0.1, 0.15) is 38.3 Å². The second-order valence-electron chi connectivity index (χ2n) is 5.79. The highest BCUT2D eigenvalue weighted by Gasteiger charge is 2.29. The van der Waals surface area contributed by atoms with E-state index in [1.807, 2.05) is 12.1 Å². The number of piperidine rings is 1. The van der Waals surface area contributed by atoms with Crippen LogP contribution in [0.3, 0.4) is 0 Å². The van der Waals surface area contributed by atoms with E-state index in [2.05, 4.69) is 30.9 Å². The fourth-order valence-electron chi connectivity index (χ4n) is 3.20. The van der Waals surface area contributed by atoms with Crippen LogP contribution in [-0.2, 0) is 0 Å². The molecular formula is C16H26N2O. The van der Waals surface area contributed by atoms with Crippen LogP contribution in [0.2, 0.25) is 0 Å². The zero-order valence-corrected chi connectivity index (χ0v) is 12.3. The molecule has 0 aromatic heterocycles. The van der Waals surface area contributed by atoms with Crippen molar-refractivity contribution in [1.29, 1.82) is 0 Å². The first-order valence-electron chi connectivity index (χ1n) is 7.26. The SMILES string of the molecule is COc1ccccc1C(C(C)N)N1CCCC(C)C1. The molecule has 1 aromatic carbocycles. The van der Waals surface area contributed by atoms with E-state index in [-0.39, 0.29) is 12.1 Å². The van der Waals surface area contributed by atoms with Crippen LogP contribution < -0.4 is 10.5 Å². The van der Waals surface area contributed by atoms with E-state index in [4.69, 9.17) is 10.5 Å². The molecule has 0 spiro atoms. The molecule has 0 saturated carbocycles. The molecule has 1 aliphatic rings. The molecule has 3 unspecified atom stereocenters. The van der Waals surface area contributed by atoms with Crippen molar-refractivity contribution in [2.45, 2.75) is 38.8 Å². The van der Waals surface area contributed by atoms with Crippen LogP contribution in [0.4, 0.5) is 0 Å². The summed E-state index contributed by atoms with van der Waals surface area (Å²) in [7, 11) is 1.73. The van der Waals surface area contributed by atoms with E-state index in [0.717, 1.165) is 24.8 Å². The summed E-state index contributed by atoms with van der Waals surface area (Å²) in [6, 6.07) is 8.60. The monoisotopic (exact) mass is 262 g/mol. The molecule has 3 nitrogen and oxygen atoms in total. The minimum absolute atomic E-state index is 0.0987. The van der Waals surface area contributed by atoms with Crippen molar-refractivity contribution in [3.8, 4) is 5.75 Å². The van der Waals surface area contributed by atoms with E-state index in [0.29, 0.717) is 0 Å². The van der Waals surface area contributed by atoms with Gasteiger partial charge in [-0.2, -0.15) is 0 Å². The zero-order chi connectivity index (χ0) is 13.8. The molecule has 1 heterocycles. The van der Waals surface area contributed by atoms with Crippen molar-refractivity contribution >= 4 is 0 Å². The maximum Gasteiger partial charge on any atom is 0.123 e. The third kappa shape index (κ3) is 3.28. The van der Waals surface area contributed by atoms with Crippen LogP contribution in [0.5, 0.6) is 5.75 Å². The van der Waals surface area contributed by atoms with Crippen LogP contribution in [-0.4, -0.2) is 31.1 Å². The summed E-state index contributed by atoms with van der Waals surface area (Å²) in [6.45, 7) is 6.68. The van der Waals surface area contributed by atoms with Gasteiger partial charge < -0.3 is 10.5 Å². The highest BCUT2D eigenvalue weighted by atomic mass is 16.5. The first-order valence-corrected chi connectivity index (χ1v) is 7.26. The van der Waals surface area contributed by atoms with E-state index >= 15 is 0 Å². The molecule has 106 valence electrons. The number of benzene rings is 1. The Morgan fingerprint density at radius 3 is 2.74 bits per heavy atom. The standard InChI is InChI=1S/C16H26N2O/c1-12-7-6-10-18(11-12)16(13(2)17)14-8-4-5-9-15(14)19-3/h4-5,8-9,12-13,16H,6-7,10-11,17H2,1-3H3. The number of ether oxygens (including phenoxy) is 1. The van der Waals surface area contributed by atoms with Crippen molar-refractivity contribution in [1.82, 2.24) is 4.90 Å². The van der Waals surface area contributed by atoms with Gasteiger partial charge in [-0.05, 0) is 38.3 Å². The highest BCUT2D eigenvalue weighted by Crippen LogP contribution is 2.33. The zero-order valence-electron chi connectivity index (χ0n) is 12.3. The lowest BCUT2D eigenvalue weighted by Crippen LogP contribution is -2.44. The number of hydrogen-bond donors (Lipinski definition) is 1. The van der Waals surface area contributed by atoms with Gasteiger partial charge in [0.25, 0.3) is 0 Å². The lowest BCUT2D eigenvalue weighted by Gasteiger charge is -2.39. The molecule has 2 N–H and O–H groups in total. The van der Waals surface area contributed by atoms with E-state index in [9.17, 15) is 0 Å². The second kappa shape index (κ2) is 6.40. The van der Waals surface area contributed by atoms with Crippen molar-refractivity contribution < 1.29 is 4.74 Å². The Balaban J connectivity index is 2.29. The van der Waals surface area contributed by atoms with E-state index < -0.39 is 0 Å². The minimum atomic E-state index is 0.0987. The predicted molar refractivity (Wildman–Crippen MR) is 79.4 cm³/mol. The third-order valence-corrected chi connectivity index (χ3v) is 4.04. The van der Waals surface area contributed by atoms with Gasteiger partial charge in [-0.1, -0.05) is 25.1 Å². The Morgan fingerprint density at radius 2 is 2.11 bits per heavy atom. The van der Waals surface area contributed by atoms with Crippen LogP contribution in [0.15, 0.2) is 24.3 Å². The molecule has 0 aliphatic carbocycles. The van der Waals surface area contributed by atoms with E-state index in [1.54, 1.807) is 7.11 Å². The van der Waals surface area contributed by atoms with Gasteiger partial charge >= 0.3 is 0 Å². The Morgan fingerprint density at radius 1 is 1.37 bits per heavy atom. The van der Waals surface area contributed by atoms with Gasteiger partial charge in [-0.3, -0.25) is 4.90 Å². The molecule has 1 fully saturated rings. The fraction of sp³-hybridized carbons (Fsp3) is 0.625. The summed E-state index contributed by atoms with van der Waals surface area (Å²) in [5.74, 6) is 1.70. The molecule has 2 rings (SSSR count). The number of hydrogen-bond acceptors (Lipinski definition) is 3. The van der Waals surface area contributed by atoms with Gasteiger partial charge in [0.2, 0.25) is 0 Å². The second-order valence-corrected chi connectivity index (χ2v) is 5.79. The Kier molecular flexibility index (Phi) is 4.83. The summed E-state index contributed by atoms with van der Waals surface area (Å²) in [4.78, 5) is 2.52. The van der Waals surface area contributed by atoms with Gasteiger partial charge in [0.1, 0.15) is 5.75 Å². The first kappa shape index (κ1) is 14.4. The number of likely N-dealkylation sites (tertiary alicyclic amines) is 1. The number of rotatable bonds is 4. The smallest absolute Gasteiger partial charge is 0.123 e. The Bertz CT molecular complexity index is 405. The van der Waals surface area contributed by atoms with Crippen LogP contribution >= 0.6 is 0 Å². The molecule has 0 amide bonds. The number of nitrogens with two attached hydrogens (primary N) is 1. The lowest BCUT2D eigenvalue weighted by atomic mass is 9.93. The molecule has 1 aromatic rings. The van der Waals surface area contributed by atoms with Gasteiger partial charge in [-0.15, -0.1) is 0 Å². The van der Waals surface area contributed by atoms with Crippen LogP contribution in [0, 0.1) is 5.92 Å². The molecular weight excluding hydrogens is 236 g/mol. The largest absolute Gasteiger partial charge is 0.496 e. The van der Waals surface area contributed by atoms with Gasteiger partial charge in [-0.25, -0.2) is 0 Å². The predicted octanol–water partition coefficient (Wildman–Crippen LogP) is 2.82. The highest BCUT2D eigenvalue weighted by molar-refractivity contribution is 5.36. The van der Waals surface area contributed by atoms with Crippen LogP contribution in [0.25, 0.3) is 0 Å². The topological polar surface area (TPSA) is 38.5 Å². The quantitative estimate of drug-likeness (QED) is 0.907. The number of methoxy groups -OCH3 is 1. The van der Waals surface area contributed by atoms with E-state index in [1.165, 1.54) is 18.4 Å². The third-order valence-electron chi connectivity index (χ3n) is 4.04. The average Bonchev–Trinajstić information content (AvgIpc) is 2.39. The lowest BCUT2D eigenvalue weighted by molar-refractivity contribution is 0.114. The normalized spacial score (nSPS) is 23.9. The minimum Gasteiger partial charge on any atom is -0.496 e. The molecule has 1 aliphatic heterocycles. The maximum atomic E-state index is 6.27. The summed E-state index contributed by atoms with van der Waals surface area (Å²) < 4.78 is 5.51. The van der Waals surface area contributed by atoms with Crippen molar-refractivity contribution in [3.05, 3.63) is 29.8 Å². The molecule has 0 bridgehead atoms. The van der Waals surface area contributed by atoms with Gasteiger partial charge in [0.05, 0.1) is 13.2 Å². The molecule has 1 saturated heterocycles. The molecule has 3 heteroatoms. The number of nitrogens with zero attached hydrogens (tertiary/aromatic N) is 1. The molecule has 3 atom stereocenters. The van der Waals surface area contributed by atoms with Crippen molar-refractivity contribution in [3.63, 3.8) is 0 Å². The summed E-state index contributed by atoms with van der Waals surface area (Å²) >= 11 is 0. The van der Waals surface area contributed by atoms with Gasteiger partial charge in [0.15, 0.2) is 0 Å². The molecule has 19 heavy (non-hydrogen) atoms. The number of para-hydroxylation sites is 1. The molecule has 0 radical (unpaired) electrons. The van der Waals surface area contributed by atoms with Crippen molar-refractivity contribution in [2.24, 2.45) is 11.7 Å². The Hall–Kier alpha value is -1.06.